The van der Waals surface area contributed by atoms with E-state index < -0.39 is 0 Å². The highest BCUT2D eigenvalue weighted by Gasteiger charge is 2.38. The van der Waals surface area contributed by atoms with E-state index in [0.717, 1.165) is 23.8 Å². The van der Waals surface area contributed by atoms with Crippen molar-refractivity contribution in [3.8, 4) is 0 Å². The quantitative estimate of drug-likeness (QED) is 0.771. The summed E-state index contributed by atoms with van der Waals surface area (Å²) in [6, 6.07) is 0.848. The first-order chi connectivity index (χ1) is 7.74. The highest BCUT2D eigenvalue weighted by molar-refractivity contribution is 4.93. The second kappa shape index (κ2) is 5.50. The van der Waals surface area contributed by atoms with Crippen molar-refractivity contribution in [3.63, 3.8) is 0 Å². The lowest BCUT2D eigenvalue weighted by Crippen LogP contribution is -2.36. The first-order valence-corrected chi connectivity index (χ1v) is 7.19. The van der Waals surface area contributed by atoms with Gasteiger partial charge in [0.25, 0.3) is 0 Å². The van der Waals surface area contributed by atoms with Gasteiger partial charge in [-0.3, -0.25) is 4.90 Å². The predicted octanol–water partition coefficient (Wildman–Crippen LogP) is 2.35. The molecule has 0 aromatic carbocycles. The Balaban J connectivity index is 1.86. The van der Waals surface area contributed by atoms with Gasteiger partial charge >= 0.3 is 0 Å². The summed E-state index contributed by atoms with van der Waals surface area (Å²) >= 11 is 0. The average Bonchev–Trinajstić information content (AvgIpc) is 2.85. The molecule has 4 atom stereocenters. The molecule has 0 aromatic heterocycles. The van der Waals surface area contributed by atoms with Gasteiger partial charge in [0.2, 0.25) is 0 Å². The molecule has 2 saturated heterocycles. The monoisotopic (exact) mass is 224 g/mol. The van der Waals surface area contributed by atoms with Gasteiger partial charge in [-0.15, -0.1) is 0 Å². The third-order valence-corrected chi connectivity index (χ3v) is 4.78. The molecular formula is C14H28N2. The second-order valence-corrected chi connectivity index (χ2v) is 5.94. The van der Waals surface area contributed by atoms with E-state index in [2.05, 4.69) is 31.0 Å². The van der Waals surface area contributed by atoms with Crippen LogP contribution < -0.4 is 5.32 Å². The average molecular weight is 224 g/mol. The second-order valence-electron chi connectivity index (χ2n) is 5.94. The molecule has 0 bridgehead atoms. The van der Waals surface area contributed by atoms with Crippen LogP contribution in [-0.2, 0) is 0 Å². The first kappa shape index (κ1) is 12.4. The van der Waals surface area contributed by atoms with Crippen molar-refractivity contribution in [2.75, 3.05) is 26.2 Å². The number of likely N-dealkylation sites (tertiary alicyclic amines) is 1. The summed E-state index contributed by atoms with van der Waals surface area (Å²) < 4.78 is 0. The van der Waals surface area contributed by atoms with Crippen molar-refractivity contribution < 1.29 is 0 Å². The molecule has 2 aliphatic rings. The molecular weight excluding hydrogens is 196 g/mol. The molecule has 2 aliphatic heterocycles. The van der Waals surface area contributed by atoms with E-state index >= 15 is 0 Å². The summed E-state index contributed by atoms with van der Waals surface area (Å²) in [4.78, 5) is 2.78. The lowest BCUT2D eigenvalue weighted by molar-refractivity contribution is 0.189. The smallest absolute Gasteiger partial charge is 0.00954 e. The number of hydrogen-bond donors (Lipinski definition) is 1. The van der Waals surface area contributed by atoms with Crippen molar-refractivity contribution in [2.45, 2.75) is 46.1 Å². The Morgan fingerprint density at radius 2 is 1.75 bits per heavy atom. The highest BCUT2D eigenvalue weighted by Crippen LogP contribution is 2.30. The van der Waals surface area contributed by atoms with E-state index in [1.165, 1.54) is 45.4 Å². The topological polar surface area (TPSA) is 15.3 Å². The largest absolute Gasteiger partial charge is 0.316 e. The fourth-order valence-corrected chi connectivity index (χ4v) is 3.39. The molecule has 1 N–H and O–H groups in total. The molecule has 0 radical (unpaired) electrons. The van der Waals surface area contributed by atoms with E-state index in [1.54, 1.807) is 0 Å². The minimum Gasteiger partial charge on any atom is -0.316 e. The Kier molecular flexibility index (Phi) is 4.26. The van der Waals surface area contributed by atoms with Crippen LogP contribution in [0.3, 0.4) is 0 Å². The van der Waals surface area contributed by atoms with E-state index in [-0.39, 0.29) is 0 Å². The lowest BCUT2D eigenvalue weighted by Gasteiger charge is -2.29. The standard InChI is InChI=1S/C14H28N2/c1-4-11(3)6-14(5-2)16-9-12-7-15-8-13(12)10-16/h11-15H,4-10H2,1-3H3/t11?,12-,13+,14?. The van der Waals surface area contributed by atoms with Crippen molar-refractivity contribution in [1.82, 2.24) is 10.2 Å². The zero-order valence-electron chi connectivity index (χ0n) is 11.2. The SMILES string of the molecule is CCC(C)CC(CC)N1C[C@H]2CNC[C@H]2C1. The summed E-state index contributed by atoms with van der Waals surface area (Å²) in [5.74, 6) is 2.79. The van der Waals surface area contributed by atoms with Gasteiger partial charge in [-0.25, -0.2) is 0 Å². The third kappa shape index (κ3) is 2.60. The van der Waals surface area contributed by atoms with Gasteiger partial charge in [0.1, 0.15) is 0 Å². The molecule has 0 aromatic rings. The summed E-state index contributed by atoms with van der Waals surface area (Å²) in [7, 11) is 0. The first-order valence-electron chi connectivity index (χ1n) is 7.19. The van der Waals surface area contributed by atoms with Gasteiger partial charge < -0.3 is 5.32 Å². The van der Waals surface area contributed by atoms with Gasteiger partial charge in [-0.2, -0.15) is 0 Å². The summed E-state index contributed by atoms with van der Waals surface area (Å²) in [5.41, 5.74) is 0. The highest BCUT2D eigenvalue weighted by atomic mass is 15.2. The van der Waals surface area contributed by atoms with Crippen LogP contribution in [0.4, 0.5) is 0 Å². The molecule has 2 heteroatoms. The van der Waals surface area contributed by atoms with Crippen molar-refractivity contribution in [1.29, 1.82) is 0 Å². The maximum atomic E-state index is 3.53. The van der Waals surface area contributed by atoms with Gasteiger partial charge in [0.15, 0.2) is 0 Å². The maximum Gasteiger partial charge on any atom is 0.00954 e. The van der Waals surface area contributed by atoms with E-state index in [4.69, 9.17) is 0 Å². The Morgan fingerprint density at radius 3 is 2.25 bits per heavy atom. The Bertz CT molecular complexity index is 202. The van der Waals surface area contributed by atoms with Gasteiger partial charge in [-0.05, 0) is 43.7 Å². The summed E-state index contributed by atoms with van der Waals surface area (Å²) in [6.07, 6.45) is 4.07. The normalized spacial score (nSPS) is 33.9. The fraction of sp³-hybridized carbons (Fsp3) is 1.00. The molecule has 2 heterocycles. The Morgan fingerprint density at radius 1 is 1.12 bits per heavy atom. The Hall–Kier alpha value is -0.0800. The van der Waals surface area contributed by atoms with Crippen molar-refractivity contribution in [2.24, 2.45) is 17.8 Å². The zero-order valence-corrected chi connectivity index (χ0v) is 11.2. The van der Waals surface area contributed by atoms with Gasteiger partial charge in [-0.1, -0.05) is 27.2 Å². The zero-order chi connectivity index (χ0) is 11.5. The van der Waals surface area contributed by atoms with Crippen LogP contribution in [0.2, 0.25) is 0 Å². The molecule has 16 heavy (non-hydrogen) atoms. The van der Waals surface area contributed by atoms with Crippen molar-refractivity contribution in [3.05, 3.63) is 0 Å². The maximum absolute atomic E-state index is 3.53. The number of fused-ring (bicyclic) bond motifs is 1. The van der Waals surface area contributed by atoms with Crippen LogP contribution in [0.15, 0.2) is 0 Å². The van der Waals surface area contributed by atoms with E-state index in [9.17, 15) is 0 Å². The number of hydrogen-bond acceptors (Lipinski definition) is 2. The molecule has 2 fully saturated rings. The van der Waals surface area contributed by atoms with Crippen LogP contribution in [0.25, 0.3) is 0 Å². The molecule has 0 aliphatic carbocycles. The third-order valence-electron chi connectivity index (χ3n) is 4.78. The molecule has 2 rings (SSSR count). The fourth-order valence-electron chi connectivity index (χ4n) is 3.39. The number of rotatable bonds is 5. The molecule has 0 saturated carbocycles. The lowest BCUT2D eigenvalue weighted by atomic mass is 9.97. The minimum absolute atomic E-state index is 0.848. The van der Waals surface area contributed by atoms with Gasteiger partial charge in [0.05, 0.1) is 0 Å². The number of nitrogens with one attached hydrogen (secondary N) is 1. The van der Waals surface area contributed by atoms with Crippen LogP contribution in [-0.4, -0.2) is 37.1 Å². The van der Waals surface area contributed by atoms with Gasteiger partial charge in [0, 0.05) is 19.1 Å². The molecule has 0 amide bonds. The molecule has 2 unspecified atom stereocenters. The van der Waals surface area contributed by atoms with E-state index in [1.807, 2.05) is 0 Å². The summed E-state index contributed by atoms with van der Waals surface area (Å²) in [5, 5.41) is 3.53. The van der Waals surface area contributed by atoms with Crippen LogP contribution in [0.5, 0.6) is 0 Å². The number of nitrogens with zero attached hydrogens (tertiary/aromatic N) is 1. The minimum atomic E-state index is 0.848. The Labute approximate surface area is 101 Å². The molecule has 94 valence electrons. The van der Waals surface area contributed by atoms with Crippen LogP contribution in [0, 0.1) is 17.8 Å². The van der Waals surface area contributed by atoms with Crippen LogP contribution >= 0.6 is 0 Å². The van der Waals surface area contributed by atoms with Crippen LogP contribution in [0.1, 0.15) is 40.0 Å². The van der Waals surface area contributed by atoms with Crippen molar-refractivity contribution >= 4 is 0 Å². The molecule has 0 spiro atoms. The van der Waals surface area contributed by atoms with E-state index in [0.29, 0.717) is 0 Å². The summed E-state index contributed by atoms with van der Waals surface area (Å²) in [6.45, 7) is 12.3. The predicted molar refractivity (Wildman–Crippen MR) is 69.6 cm³/mol. The molecule has 2 nitrogen and oxygen atoms in total.